The fourth-order valence-electron chi connectivity index (χ4n) is 1.19. The highest BCUT2D eigenvalue weighted by atomic mass is 35.5. The molecule has 1 atom stereocenters. The third kappa shape index (κ3) is 3.38. The minimum atomic E-state index is -1.29. The zero-order valence-electron chi connectivity index (χ0n) is 7.11. The predicted octanol–water partition coefficient (Wildman–Crippen LogP) is 0.578. The lowest BCUT2D eigenvalue weighted by Crippen LogP contribution is -2.46. The molecule has 0 aromatic carbocycles. The van der Waals surface area contributed by atoms with Crippen molar-refractivity contribution in [2.45, 2.75) is 6.23 Å². The molecule has 0 bridgehead atoms. The number of carboxylic acid groups (broad SMARTS) is 1. The average molecular weight is 210 g/mol. The van der Waals surface area contributed by atoms with E-state index in [0.29, 0.717) is 26.3 Å². The lowest BCUT2D eigenvalue weighted by atomic mass is 10.4. The van der Waals surface area contributed by atoms with E-state index in [1.165, 1.54) is 0 Å². The predicted molar refractivity (Wildman–Crippen MR) is 46.0 cm³/mol. The van der Waals surface area contributed by atoms with E-state index in [1.54, 1.807) is 0 Å². The van der Waals surface area contributed by atoms with Gasteiger partial charge < -0.3 is 14.6 Å². The highest BCUT2D eigenvalue weighted by Crippen LogP contribution is 2.07. The molecule has 0 aliphatic carbocycles. The molecule has 0 saturated carbocycles. The van der Waals surface area contributed by atoms with Gasteiger partial charge in [0.1, 0.15) is 0 Å². The number of carbonyl (C=O) groups is 1. The van der Waals surface area contributed by atoms with Gasteiger partial charge in [-0.3, -0.25) is 4.90 Å². The molecule has 1 aliphatic rings. The van der Waals surface area contributed by atoms with Crippen molar-refractivity contribution < 1.29 is 19.4 Å². The number of morpholine rings is 1. The summed E-state index contributed by atoms with van der Waals surface area (Å²) >= 11 is 5.57. The summed E-state index contributed by atoms with van der Waals surface area (Å²) in [5.41, 5.74) is 0. The van der Waals surface area contributed by atoms with Gasteiger partial charge in [-0.2, -0.15) is 0 Å². The Kier molecular flexibility index (Phi) is 4.27. The quantitative estimate of drug-likeness (QED) is 0.544. The third-order valence-corrected chi connectivity index (χ3v) is 2.09. The van der Waals surface area contributed by atoms with E-state index in [-0.39, 0.29) is 5.88 Å². The Morgan fingerprint density at radius 2 is 2.23 bits per heavy atom. The number of ether oxygens (including phenoxy) is 2. The van der Waals surface area contributed by atoms with Crippen LogP contribution in [0.3, 0.4) is 0 Å². The van der Waals surface area contributed by atoms with E-state index in [4.69, 9.17) is 21.4 Å². The van der Waals surface area contributed by atoms with E-state index in [1.807, 2.05) is 4.90 Å². The van der Waals surface area contributed by atoms with Crippen LogP contribution in [0.2, 0.25) is 0 Å². The minimum Gasteiger partial charge on any atom is -0.450 e. The normalized spacial score (nSPS) is 21.0. The van der Waals surface area contributed by atoms with Gasteiger partial charge in [0, 0.05) is 13.1 Å². The molecule has 1 saturated heterocycles. The van der Waals surface area contributed by atoms with Crippen molar-refractivity contribution in [2.24, 2.45) is 0 Å². The van der Waals surface area contributed by atoms with Gasteiger partial charge in [-0.25, -0.2) is 4.79 Å². The van der Waals surface area contributed by atoms with E-state index >= 15 is 0 Å². The van der Waals surface area contributed by atoms with Crippen molar-refractivity contribution in [3.05, 3.63) is 0 Å². The Labute approximate surface area is 81.2 Å². The summed E-state index contributed by atoms with van der Waals surface area (Å²) in [4.78, 5) is 12.1. The fourth-order valence-corrected chi connectivity index (χ4v) is 1.44. The molecule has 0 aromatic heterocycles. The molecule has 5 nitrogen and oxygen atoms in total. The van der Waals surface area contributed by atoms with Crippen LogP contribution in [-0.4, -0.2) is 54.6 Å². The van der Waals surface area contributed by atoms with Gasteiger partial charge in [-0.05, 0) is 0 Å². The van der Waals surface area contributed by atoms with Crippen molar-refractivity contribution in [1.29, 1.82) is 0 Å². The Bertz CT molecular complexity index is 172. The van der Waals surface area contributed by atoms with Crippen LogP contribution in [0.4, 0.5) is 4.79 Å². The van der Waals surface area contributed by atoms with Gasteiger partial charge in [0.15, 0.2) is 6.23 Å². The summed E-state index contributed by atoms with van der Waals surface area (Å²) in [6.45, 7) is 2.50. The van der Waals surface area contributed by atoms with Gasteiger partial charge in [-0.15, -0.1) is 11.6 Å². The first-order valence-corrected chi connectivity index (χ1v) is 4.55. The molecule has 0 radical (unpaired) electrons. The number of rotatable bonds is 3. The third-order valence-electron chi connectivity index (χ3n) is 1.82. The highest BCUT2D eigenvalue weighted by molar-refractivity contribution is 6.18. The first-order chi connectivity index (χ1) is 6.24. The van der Waals surface area contributed by atoms with E-state index in [2.05, 4.69) is 4.74 Å². The largest absolute Gasteiger partial charge is 0.507 e. The molecule has 1 heterocycles. The van der Waals surface area contributed by atoms with E-state index in [9.17, 15) is 4.79 Å². The molecule has 1 aliphatic heterocycles. The van der Waals surface area contributed by atoms with Crippen LogP contribution in [0.25, 0.3) is 0 Å². The molecule has 0 amide bonds. The minimum absolute atomic E-state index is 0.145. The van der Waals surface area contributed by atoms with Crippen LogP contribution in [0.5, 0.6) is 0 Å². The lowest BCUT2D eigenvalue weighted by molar-refractivity contribution is -0.0658. The first-order valence-electron chi connectivity index (χ1n) is 4.01. The van der Waals surface area contributed by atoms with Crippen molar-refractivity contribution in [3.63, 3.8) is 0 Å². The molecule has 1 unspecified atom stereocenters. The van der Waals surface area contributed by atoms with Gasteiger partial charge in [-0.1, -0.05) is 0 Å². The monoisotopic (exact) mass is 209 g/mol. The average Bonchev–Trinajstić information content (AvgIpc) is 2.15. The van der Waals surface area contributed by atoms with Crippen molar-refractivity contribution in [2.75, 3.05) is 32.2 Å². The number of alkyl halides is 1. The summed E-state index contributed by atoms with van der Waals surface area (Å²) in [5.74, 6) is 0.145. The molecule has 76 valence electrons. The van der Waals surface area contributed by atoms with Gasteiger partial charge in [0.25, 0.3) is 0 Å². The second-order valence-corrected chi connectivity index (χ2v) is 2.95. The smallest absolute Gasteiger partial charge is 0.450 e. The second kappa shape index (κ2) is 5.26. The van der Waals surface area contributed by atoms with Crippen molar-refractivity contribution in [1.82, 2.24) is 4.90 Å². The van der Waals surface area contributed by atoms with Crippen molar-refractivity contribution in [3.8, 4) is 0 Å². The van der Waals surface area contributed by atoms with Crippen LogP contribution in [0.15, 0.2) is 0 Å². The molecular formula is C7H12ClNO4. The molecule has 1 N–H and O–H groups in total. The van der Waals surface area contributed by atoms with Gasteiger partial charge >= 0.3 is 6.16 Å². The number of hydrogen-bond donors (Lipinski definition) is 1. The van der Waals surface area contributed by atoms with Crippen LogP contribution in [-0.2, 0) is 9.47 Å². The zero-order valence-corrected chi connectivity index (χ0v) is 7.87. The molecule has 1 fully saturated rings. The zero-order chi connectivity index (χ0) is 9.68. The maximum Gasteiger partial charge on any atom is 0.507 e. The SMILES string of the molecule is O=C(O)OC(CCl)N1CCOCC1. The summed E-state index contributed by atoms with van der Waals surface area (Å²) in [6.07, 6.45) is -1.85. The highest BCUT2D eigenvalue weighted by Gasteiger charge is 2.23. The maximum absolute atomic E-state index is 10.3. The van der Waals surface area contributed by atoms with Crippen LogP contribution in [0, 0.1) is 0 Å². The second-order valence-electron chi connectivity index (χ2n) is 2.64. The standard InChI is InChI=1S/C7H12ClNO4/c8-5-6(13-7(10)11)9-1-3-12-4-2-9/h6H,1-5H2,(H,10,11). The van der Waals surface area contributed by atoms with Crippen LogP contribution < -0.4 is 0 Å². The Hall–Kier alpha value is -0.520. The van der Waals surface area contributed by atoms with E-state index in [0.717, 1.165) is 0 Å². The number of nitrogens with zero attached hydrogens (tertiary/aromatic N) is 1. The number of hydrogen-bond acceptors (Lipinski definition) is 4. The molecular weight excluding hydrogens is 198 g/mol. The summed E-state index contributed by atoms with van der Waals surface area (Å²) in [7, 11) is 0. The molecule has 0 spiro atoms. The van der Waals surface area contributed by atoms with E-state index < -0.39 is 12.4 Å². The molecule has 13 heavy (non-hydrogen) atoms. The van der Waals surface area contributed by atoms with Crippen LogP contribution in [0.1, 0.15) is 0 Å². The Morgan fingerprint density at radius 1 is 1.62 bits per heavy atom. The Morgan fingerprint density at radius 3 is 2.69 bits per heavy atom. The van der Waals surface area contributed by atoms with Crippen LogP contribution >= 0.6 is 11.6 Å². The maximum atomic E-state index is 10.3. The lowest BCUT2D eigenvalue weighted by Gasteiger charge is -2.31. The molecule has 0 aromatic rings. The van der Waals surface area contributed by atoms with Gasteiger partial charge in [0.05, 0.1) is 19.1 Å². The summed E-state index contributed by atoms with van der Waals surface area (Å²) < 4.78 is 9.71. The topological polar surface area (TPSA) is 59.0 Å². The Balaban J connectivity index is 2.39. The molecule has 6 heteroatoms. The van der Waals surface area contributed by atoms with Gasteiger partial charge in [0.2, 0.25) is 0 Å². The summed E-state index contributed by atoms with van der Waals surface area (Å²) in [5, 5.41) is 8.41. The van der Waals surface area contributed by atoms with Crippen molar-refractivity contribution >= 4 is 17.8 Å². The number of halogens is 1. The fraction of sp³-hybridized carbons (Fsp3) is 0.857. The summed E-state index contributed by atoms with van der Waals surface area (Å²) in [6, 6.07) is 0. The first kappa shape index (κ1) is 10.6. The molecule has 1 rings (SSSR count).